The fourth-order valence-corrected chi connectivity index (χ4v) is 3.57. The minimum atomic E-state index is -0.555. The quantitative estimate of drug-likeness (QED) is 0.671. The van der Waals surface area contributed by atoms with Gasteiger partial charge in [0.2, 0.25) is 5.91 Å². The molecule has 4 nitrogen and oxygen atoms in total. The predicted molar refractivity (Wildman–Crippen MR) is 103 cm³/mol. The molecule has 3 aromatic rings. The van der Waals surface area contributed by atoms with Crippen molar-refractivity contribution in [2.24, 2.45) is 0 Å². The van der Waals surface area contributed by atoms with E-state index < -0.39 is 6.04 Å². The predicted octanol–water partition coefficient (Wildman–Crippen LogP) is 4.35. The Labute approximate surface area is 153 Å². The lowest BCUT2D eigenvalue weighted by Gasteiger charge is -2.17. The molecule has 0 spiro atoms. The number of nitrogens with zero attached hydrogens (tertiary/aromatic N) is 1. The Balaban J connectivity index is 1.60. The van der Waals surface area contributed by atoms with Crippen LogP contribution in [0.2, 0.25) is 0 Å². The van der Waals surface area contributed by atoms with E-state index in [1.807, 2.05) is 60.7 Å². The number of halogens is 1. The number of hydrogen-bond acceptors (Lipinski definition) is 3. The molecule has 0 bridgehead atoms. The fraction of sp³-hybridized carbons (Fsp3) is 0.100. The zero-order valence-corrected chi connectivity index (χ0v) is 14.9. The zero-order valence-electron chi connectivity index (χ0n) is 13.3. The lowest BCUT2D eigenvalue weighted by Crippen LogP contribution is -2.35. The van der Waals surface area contributed by atoms with Crippen LogP contribution in [0, 0.1) is 0 Å². The van der Waals surface area contributed by atoms with Gasteiger partial charge in [0.1, 0.15) is 6.04 Å². The minimum absolute atomic E-state index is 0.146. The van der Waals surface area contributed by atoms with E-state index in [0.717, 1.165) is 20.9 Å². The van der Waals surface area contributed by atoms with Crippen LogP contribution in [0.15, 0.2) is 71.2 Å². The van der Waals surface area contributed by atoms with Crippen LogP contribution in [0.3, 0.4) is 0 Å². The van der Waals surface area contributed by atoms with E-state index in [-0.39, 0.29) is 18.2 Å². The molecule has 1 aliphatic rings. The molecule has 1 heterocycles. The number of rotatable bonds is 3. The first-order valence-electron chi connectivity index (χ1n) is 8.00. The number of amides is 2. The van der Waals surface area contributed by atoms with Crippen LogP contribution >= 0.6 is 15.9 Å². The van der Waals surface area contributed by atoms with Crippen LogP contribution < -0.4 is 10.2 Å². The molecule has 1 saturated heterocycles. The monoisotopic (exact) mass is 394 g/mol. The van der Waals surface area contributed by atoms with E-state index in [1.165, 1.54) is 4.90 Å². The van der Waals surface area contributed by atoms with Gasteiger partial charge in [0.05, 0.1) is 12.1 Å². The number of carbonyl (C=O) groups excluding carboxylic acids is 2. The molecule has 1 aliphatic heterocycles. The lowest BCUT2D eigenvalue weighted by molar-refractivity contribution is -0.121. The average molecular weight is 395 g/mol. The van der Waals surface area contributed by atoms with Crippen LogP contribution in [0.4, 0.5) is 11.4 Å². The number of para-hydroxylation sites is 1. The highest BCUT2D eigenvalue weighted by atomic mass is 79.9. The van der Waals surface area contributed by atoms with Gasteiger partial charge in [0.25, 0.3) is 5.91 Å². The number of hydrogen-bond donors (Lipinski definition) is 1. The summed E-state index contributed by atoms with van der Waals surface area (Å²) in [5.41, 5.74) is 1.42. The van der Waals surface area contributed by atoms with Gasteiger partial charge in [-0.25, -0.2) is 4.90 Å². The lowest BCUT2D eigenvalue weighted by atomic mass is 10.1. The third-order valence-electron chi connectivity index (χ3n) is 4.33. The number of imide groups is 1. The van der Waals surface area contributed by atoms with Crippen molar-refractivity contribution in [3.8, 4) is 0 Å². The molecule has 2 amide bonds. The van der Waals surface area contributed by atoms with E-state index in [1.54, 1.807) is 6.07 Å². The van der Waals surface area contributed by atoms with Crippen molar-refractivity contribution in [1.29, 1.82) is 0 Å². The number of anilines is 2. The molecule has 0 aliphatic carbocycles. The van der Waals surface area contributed by atoms with Gasteiger partial charge in [-0.3, -0.25) is 9.59 Å². The molecule has 4 rings (SSSR count). The summed E-state index contributed by atoms with van der Waals surface area (Å²) in [5, 5.41) is 5.43. The van der Waals surface area contributed by atoms with Crippen molar-refractivity contribution in [2.45, 2.75) is 12.5 Å². The van der Waals surface area contributed by atoms with E-state index in [2.05, 4.69) is 21.2 Å². The summed E-state index contributed by atoms with van der Waals surface area (Å²) in [6, 6.07) is 20.6. The Kier molecular flexibility index (Phi) is 4.01. The van der Waals surface area contributed by atoms with Crippen molar-refractivity contribution in [3.05, 3.63) is 71.2 Å². The Hall–Kier alpha value is -2.66. The van der Waals surface area contributed by atoms with E-state index in [9.17, 15) is 9.59 Å². The van der Waals surface area contributed by atoms with Gasteiger partial charge in [-0.15, -0.1) is 0 Å². The molecular formula is C20H15BrN2O2. The topological polar surface area (TPSA) is 49.4 Å². The highest BCUT2D eigenvalue weighted by Crippen LogP contribution is 2.31. The third-order valence-corrected chi connectivity index (χ3v) is 5.00. The van der Waals surface area contributed by atoms with Gasteiger partial charge in [-0.05, 0) is 51.0 Å². The van der Waals surface area contributed by atoms with E-state index >= 15 is 0 Å². The SMILES string of the molecule is O=C1C[C@@H](Nc2ccc3ccccc3c2)C(=O)N1c1ccccc1Br. The molecule has 25 heavy (non-hydrogen) atoms. The maximum atomic E-state index is 12.8. The molecule has 0 aromatic heterocycles. The molecule has 0 saturated carbocycles. The Bertz CT molecular complexity index is 986. The molecule has 0 radical (unpaired) electrons. The summed E-state index contributed by atoms with van der Waals surface area (Å²) in [5.74, 6) is -0.430. The van der Waals surface area contributed by atoms with E-state index in [4.69, 9.17) is 0 Å². The summed E-state index contributed by atoms with van der Waals surface area (Å²) in [6.45, 7) is 0. The van der Waals surface area contributed by atoms with Gasteiger partial charge in [-0.2, -0.15) is 0 Å². The minimum Gasteiger partial charge on any atom is -0.373 e. The molecule has 1 atom stereocenters. The molecule has 0 unspecified atom stereocenters. The first kappa shape index (κ1) is 15.8. The van der Waals surface area contributed by atoms with Crippen molar-refractivity contribution in [2.75, 3.05) is 10.2 Å². The average Bonchev–Trinajstić information content (AvgIpc) is 2.89. The first-order valence-corrected chi connectivity index (χ1v) is 8.79. The number of benzene rings is 3. The van der Waals surface area contributed by atoms with Gasteiger partial charge in [0.15, 0.2) is 0 Å². The summed E-state index contributed by atoms with van der Waals surface area (Å²) in [7, 11) is 0. The Morgan fingerprint density at radius 3 is 2.44 bits per heavy atom. The van der Waals surface area contributed by atoms with Crippen LogP contribution in [-0.2, 0) is 9.59 Å². The van der Waals surface area contributed by atoms with Crippen LogP contribution in [0.1, 0.15) is 6.42 Å². The number of fused-ring (bicyclic) bond motifs is 1. The fourth-order valence-electron chi connectivity index (χ4n) is 3.11. The van der Waals surface area contributed by atoms with Crippen LogP contribution in [0.5, 0.6) is 0 Å². The summed E-state index contributed by atoms with van der Waals surface area (Å²) < 4.78 is 0.725. The Morgan fingerprint density at radius 2 is 1.64 bits per heavy atom. The second-order valence-electron chi connectivity index (χ2n) is 5.98. The number of carbonyl (C=O) groups is 2. The maximum absolute atomic E-state index is 12.8. The molecule has 1 fully saturated rings. The highest BCUT2D eigenvalue weighted by molar-refractivity contribution is 9.10. The number of nitrogens with one attached hydrogen (secondary N) is 1. The second-order valence-corrected chi connectivity index (χ2v) is 6.84. The zero-order chi connectivity index (χ0) is 17.4. The third kappa shape index (κ3) is 2.91. The van der Waals surface area contributed by atoms with Crippen LogP contribution in [-0.4, -0.2) is 17.9 Å². The van der Waals surface area contributed by atoms with Crippen molar-refractivity contribution in [3.63, 3.8) is 0 Å². The highest BCUT2D eigenvalue weighted by Gasteiger charge is 2.40. The van der Waals surface area contributed by atoms with Crippen molar-refractivity contribution < 1.29 is 9.59 Å². The Morgan fingerprint density at radius 1 is 0.920 bits per heavy atom. The molecule has 124 valence electrons. The molecule has 5 heteroatoms. The van der Waals surface area contributed by atoms with Gasteiger partial charge in [-0.1, -0.05) is 42.5 Å². The largest absolute Gasteiger partial charge is 0.373 e. The first-order chi connectivity index (χ1) is 12.1. The standard InChI is InChI=1S/C20H15BrN2O2/c21-16-7-3-4-8-18(16)23-19(24)12-17(20(23)25)22-15-10-9-13-5-1-2-6-14(13)11-15/h1-11,17,22H,12H2/t17-/m1/s1. The van der Waals surface area contributed by atoms with Gasteiger partial charge >= 0.3 is 0 Å². The normalized spacial score (nSPS) is 17.3. The van der Waals surface area contributed by atoms with Gasteiger partial charge < -0.3 is 5.32 Å². The summed E-state index contributed by atoms with van der Waals surface area (Å²) in [4.78, 5) is 26.4. The summed E-state index contributed by atoms with van der Waals surface area (Å²) in [6.07, 6.45) is 0.146. The maximum Gasteiger partial charge on any atom is 0.256 e. The van der Waals surface area contributed by atoms with Crippen LogP contribution in [0.25, 0.3) is 10.8 Å². The second kappa shape index (κ2) is 6.33. The smallest absolute Gasteiger partial charge is 0.256 e. The van der Waals surface area contributed by atoms with Crippen molar-refractivity contribution in [1.82, 2.24) is 0 Å². The molecule has 1 N–H and O–H groups in total. The molecule has 3 aromatic carbocycles. The van der Waals surface area contributed by atoms with Gasteiger partial charge in [0, 0.05) is 10.2 Å². The summed E-state index contributed by atoms with van der Waals surface area (Å²) >= 11 is 3.41. The van der Waals surface area contributed by atoms with Crippen molar-refractivity contribution >= 4 is 49.9 Å². The van der Waals surface area contributed by atoms with E-state index in [0.29, 0.717) is 5.69 Å². The molecular weight excluding hydrogens is 380 g/mol.